The van der Waals surface area contributed by atoms with Gasteiger partial charge >= 0.3 is 0 Å². The normalized spacial score (nSPS) is 23.5. The molecule has 3 aliphatic carbocycles. The fourth-order valence-corrected chi connectivity index (χ4v) is 5.38. The molecule has 0 radical (unpaired) electrons. The van der Waals surface area contributed by atoms with E-state index >= 15 is 0 Å². The van der Waals surface area contributed by atoms with Crippen LogP contribution in [0.1, 0.15) is 61.3 Å². The molecule has 4 fully saturated rings. The minimum Gasteiger partial charge on any atom is -0.396 e. The summed E-state index contributed by atoms with van der Waals surface area (Å²) in [6.07, 6.45) is 9.50. The predicted molar refractivity (Wildman–Crippen MR) is 126 cm³/mol. The Balaban J connectivity index is 1.27. The monoisotopic (exact) mass is 451 g/mol. The van der Waals surface area contributed by atoms with Crippen LogP contribution in [0.15, 0.2) is 24.4 Å². The fraction of sp³-hybridized carbons (Fsp3) is 0.560. The van der Waals surface area contributed by atoms with Crippen LogP contribution < -0.4 is 10.6 Å². The van der Waals surface area contributed by atoms with E-state index in [0.29, 0.717) is 28.9 Å². The SMILES string of the molecule is Nc1cc(Cc2ccnc(Cl)c2)c(C2CC2)nc1N1CCN(C(=O)C2CC2)[C@H](C2CC2)C1. The Morgan fingerprint density at radius 3 is 2.62 bits per heavy atom. The molecule has 32 heavy (non-hydrogen) atoms. The summed E-state index contributed by atoms with van der Waals surface area (Å²) < 4.78 is 0. The molecule has 0 unspecified atom stereocenters. The molecule has 0 spiro atoms. The highest BCUT2D eigenvalue weighted by atomic mass is 35.5. The topological polar surface area (TPSA) is 75.3 Å². The number of anilines is 2. The van der Waals surface area contributed by atoms with Crippen LogP contribution in [0.3, 0.4) is 0 Å². The van der Waals surface area contributed by atoms with E-state index in [1.54, 1.807) is 6.20 Å². The number of pyridine rings is 2. The summed E-state index contributed by atoms with van der Waals surface area (Å²) in [6, 6.07) is 6.35. The van der Waals surface area contributed by atoms with Crippen LogP contribution in [0.4, 0.5) is 11.5 Å². The quantitative estimate of drug-likeness (QED) is 0.671. The van der Waals surface area contributed by atoms with Crippen LogP contribution in [0.5, 0.6) is 0 Å². The van der Waals surface area contributed by atoms with Crippen LogP contribution >= 0.6 is 11.6 Å². The van der Waals surface area contributed by atoms with Crippen molar-refractivity contribution in [3.8, 4) is 0 Å². The number of nitrogens with two attached hydrogens (primary N) is 1. The molecule has 1 amide bonds. The van der Waals surface area contributed by atoms with Gasteiger partial charge in [-0.15, -0.1) is 0 Å². The molecular weight excluding hydrogens is 422 g/mol. The molecule has 0 aromatic carbocycles. The van der Waals surface area contributed by atoms with Gasteiger partial charge < -0.3 is 15.5 Å². The molecule has 2 aromatic rings. The zero-order chi connectivity index (χ0) is 21.8. The number of amides is 1. The largest absolute Gasteiger partial charge is 0.396 e. The number of halogens is 1. The first kappa shape index (κ1) is 20.3. The molecule has 1 aliphatic heterocycles. The standard InChI is InChI=1S/C25H30ClN5O/c26-22-12-15(7-8-28-22)11-19-13-20(27)24(29-23(19)17-3-4-17)30-9-10-31(25(32)18-5-6-18)21(14-30)16-1-2-16/h7-8,12-13,16-18,21H,1-6,9-11,14,27H2/t21-/m0/s1. The lowest BCUT2D eigenvalue weighted by molar-refractivity contribution is -0.135. The summed E-state index contributed by atoms with van der Waals surface area (Å²) in [5.41, 5.74) is 10.8. The van der Waals surface area contributed by atoms with Crippen molar-refractivity contribution in [3.63, 3.8) is 0 Å². The van der Waals surface area contributed by atoms with Gasteiger partial charge in [-0.25, -0.2) is 9.97 Å². The highest BCUT2D eigenvalue weighted by Gasteiger charge is 2.45. The Labute approximate surface area is 194 Å². The molecule has 2 aromatic heterocycles. The Kier molecular flexibility index (Phi) is 5.01. The summed E-state index contributed by atoms with van der Waals surface area (Å²) in [5.74, 6) is 2.74. The van der Waals surface area contributed by atoms with E-state index in [2.05, 4.69) is 20.9 Å². The molecule has 2 N–H and O–H groups in total. The molecule has 1 saturated heterocycles. The van der Waals surface area contributed by atoms with Crippen LogP contribution in [0.2, 0.25) is 5.15 Å². The molecule has 0 bridgehead atoms. The molecule has 4 aliphatic rings. The van der Waals surface area contributed by atoms with E-state index in [9.17, 15) is 4.79 Å². The second-order valence-corrected chi connectivity index (χ2v) is 10.4. The second-order valence-electron chi connectivity index (χ2n) is 10.0. The van der Waals surface area contributed by atoms with Gasteiger partial charge in [0, 0.05) is 43.4 Å². The number of nitrogens with zero attached hydrogens (tertiary/aromatic N) is 4. The third-order valence-electron chi connectivity index (χ3n) is 7.39. The van der Waals surface area contributed by atoms with Crippen molar-refractivity contribution in [1.29, 1.82) is 0 Å². The van der Waals surface area contributed by atoms with E-state index in [4.69, 9.17) is 22.3 Å². The van der Waals surface area contributed by atoms with Gasteiger partial charge in [-0.2, -0.15) is 0 Å². The van der Waals surface area contributed by atoms with Gasteiger partial charge in [0.15, 0.2) is 5.82 Å². The van der Waals surface area contributed by atoms with E-state index in [1.807, 2.05) is 12.1 Å². The molecule has 1 atom stereocenters. The third-order valence-corrected chi connectivity index (χ3v) is 7.59. The van der Waals surface area contributed by atoms with E-state index in [1.165, 1.54) is 36.9 Å². The molecule has 6 rings (SSSR count). The van der Waals surface area contributed by atoms with Crippen molar-refractivity contribution >= 4 is 29.0 Å². The highest BCUT2D eigenvalue weighted by molar-refractivity contribution is 6.29. The van der Waals surface area contributed by atoms with Gasteiger partial charge in [0.2, 0.25) is 5.91 Å². The highest BCUT2D eigenvalue weighted by Crippen LogP contribution is 2.44. The fourth-order valence-electron chi connectivity index (χ4n) is 5.18. The van der Waals surface area contributed by atoms with Crippen molar-refractivity contribution in [3.05, 3.63) is 46.4 Å². The lowest BCUT2D eigenvalue weighted by Gasteiger charge is -2.43. The average Bonchev–Trinajstić information content (AvgIpc) is 3.65. The van der Waals surface area contributed by atoms with E-state index < -0.39 is 0 Å². The summed E-state index contributed by atoms with van der Waals surface area (Å²) >= 11 is 6.10. The number of rotatable bonds is 6. The van der Waals surface area contributed by atoms with Gasteiger partial charge in [-0.3, -0.25) is 4.79 Å². The van der Waals surface area contributed by atoms with Crippen LogP contribution in [0.25, 0.3) is 0 Å². The lowest BCUT2D eigenvalue weighted by atomic mass is 10.0. The molecule has 6 nitrogen and oxygen atoms in total. The molecule has 3 saturated carbocycles. The first-order valence-electron chi connectivity index (χ1n) is 12.0. The number of piperazine rings is 1. The molecule has 7 heteroatoms. The van der Waals surface area contributed by atoms with Gasteiger partial charge in [0.25, 0.3) is 0 Å². The van der Waals surface area contributed by atoms with Crippen LogP contribution in [-0.2, 0) is 11.2 Å². The maximum atomic E-state index is 12.9. The Bertz CT molecular complexity index is 1050. The Morgan fingerprint density at radius 1 is 1.12 bits per heavy atom. The van der Waals surface area contributed by atoms with E-state index in [-0.39, 0.29) is 5.92 Å². The minimum atomic E-state index is 0.286. The number of carbonyl (C=O) groups is 1. The number of hydrogen-bond donors (Lipinski definition) is 1. The van der Waals surface area contributed by atoms with Crippen molar-refractivity contribution in [2.45, 2.75) is 56.9 Å². The maximum absolute atomic E-state index is 12.9. The Morgan fingerprint density at radius 2 is 1.94 bits per heavy atom. The van der Waals surface area contributed by atoms with Crippen molar-refractivity contribution in [2.75, 3.05) is 30.3 Å². The lowest BCUT2D eigenvalue weighted by Crippen LogP contribution is -2.57. The zero-order valence-electron chi connectivity index (χ0n) is 18.3. The maximum Gasteiger partial charge on any atom is 0.226 e. The summed E-state index contributed by atoms with van der Waals surface area (Å²) in [4.78, 5) is 26.6. The molecule has 3 heterocycles. The van der Waals surface area contributed by atoms with Crippen molar-refractivity contribution in [2.24, 2.45) is 11.8 Å². The Hall–Kier alpha value is -2.34. The van der Waals surface area contributed by atoms with Crippen LogP contribution in [0, 0.1) is 11.8 Å². The second kappa shape index (κ2) is 7.91. The van der Waals surface area contributed by atoms with Gasteiger partial charge in [0.1, 0.15) is 5.15 Å². The number of nitrogen functional groups attached to an aromatic ring is 1. The van der Waals surface area contributed by atoms with Crippen molar-refractivity contribution in [1.82, 2.24) is 14.9 Å². The predicted octanol–water partition coefficient (Wildman–Crippen LogP) is 4.02. The number of carbonyl (C=O) groups excluding carboxylic acids is 1. The summed E-state index contributed by atoms with van der Waals surface area (Å²) in [6.45, 7) is 2.44. The smallest absolute Gasteiger partial charge is 0.226 e. The van der Waals surface area contributed by atoms with Gasteiger partial charge in [-0.05, 0) is 80.2 Å². The molecular formula is C25H30ClN5O. The van der Waals surface area contributed by atoms with Crippen LogP contribution in [-0.4, -0.2) is 46.5 Å². The summed E-state index contributed by atoms with van der Waals surface area (Å²) in [5, 5.41) is 0.512. The van der Waals surface area contributed by atoms with E-state index in [0.717, 1.165) is 56.0 Å². The first-order chi connectivity index (χ1) is 15.6. The molecule has 168 valence electrons. The van der Waals surface area contributed by atoms with Gasteiger partial charge in [0.05, 0.1) is 11.7 Å². The number of aromatic nitrogens is 2. The third kappa shape index (κ3) is 4.05. The number of hydrogen-bond acceptors (Lipinski definition) is 5. The van der Waals surface area contributed by atoms with Gasteiger partial charge in [-0.1, -0.05) is 11.6 Å². The minimum absolute atomic E-state index is 0.286. The zero-order valence-corrected chi connectivity index (χ0v) is 19.1. The van der Waals surface area contributed by atoms with Crippen molar-refractivity contribution < 1.29 is 4.79 Å². The average molecular weight is 452 g/mol. The summed E-state index contributed by atoms with van der Waals surface area (Å²) in [7, 11) is 0. The first-order valence-corrected chi connectivity index (χ1v) is 12.4.